The molecule has 1 N–H and O–H groups in total. The van der Waals surface area contributed by atoms with Crippen LogP contribution in [0, 0.1) is 10.1 Å². The summed E-state index contributed by atoms with van der Waals surface area (Å²) in [4.78, 5) is 27.6. The molecule has 0 atom stereocenters. The number of hydrogen-bond donors (Lipinski definition) is 1. The molecule has 0 bridgehead atoms. The molecule has 3 aromatic carbocycles. The summed E-state index contributed by atoms with van der Waals surface area (Å²) in [5.41, 5.74) is 1.31. The molecular weight excluding hydrogens is 488 g/mol. The van der Waals surface area contributed by atoms with Gasteiger partial charge in [0.05, 0.1) is 35.9 Å². The average molecular weight is 511 g/mol. The van der Waals surface area contributed by atoms with Crippen LogP contribution in [0.5, 0.6) is 11.5 Å². The Morgan fingerprint density at radius 2 is 1.72 bits per heavy atom. The molecular formula is C24H22N4O7S. The maximum atomic E-state index is 13.5. The first-order valence-electron chi connectivity index (χ1n) is 10.6. The molecule has 11 nitrogen and oxygen atoms in total. The number of ether oxygens (including phenoxy) is 2. The molecule has 1 heterocycles. The van der Waals surface area contributed by atoms with Crippen molar-refractivity contribution in [3.8, 4) is 11.5 Å². The van der Waals surface area contributed by atoms with E-state index < -0.39 is 26.4 Å². The molecule has 0 fully saturated rings. The quantitative estimate of drug-likeness (QED) is 0.266. The summed E-state index contributed by atoms with van der Waals surface area (Å²) in [5, 5.41) is 13.3. The molecule has 0 radical (unpaired) electrons. The Bertz CT molecular complexity index is 1540. The zero-order valence-corrected chi connectivity index (χ0v) is 20.2. The van der Waals surface area contributed by atoms with Crippen molar-refractivity contribution in [2.45, 2.75) is 17.5 Å². The van der Waals surface area contributed by atoms with Crippen LogP contribution in [0.1, 0.15) is 5.56 Å². The number of nitro benzene ring substituents is 1. The number of sulfone groups is 1. The number of amides is 1. The van der Waals surface area contributed by atoms with E-state index in [0.717, 1.165) is 0 Å². The number of fused-ring (bicyclic) bond motifs is 1. The largest absolute Gasteiger partial charge is 0.497 e. The summed E-state index contributed by atoms with van der Waals surface area (Å²) in [5.74, 6) is -0.108. The fourth-order valence-electron chi connectivity index (χ4n) is 3.72. The number of benzene rings is 3. The lowest BCUT2D eigenvalue weighted by molar-refractivity contribution is -0.384. The van der Waals surface area contributed by atoms with E-state index in [9.17, 15) is 23.3 Å². The molecule has 4 aromatic rings. The maximum absolute atomic E-state index is 13.5. The first kappa shape index (κ1) is 24.7. The highest BCUT2D eigenvalue weighted by atomic mass is 32.2. The molecule has 0 unspecified atom stereocenters. The minimum Gasteiger partial charge on any atom is -0.497 e. The number of hydrogen-bond acceptors (Lipinski definition) is 8. The summed E-state index contributed by atoms with van der Waals surface area (Å²) in [6.07, 6.45) is 0. The summed E-state index contributed by atoms with van der Waals surface area (Å²) in [7, 11) is -1.09. The standard InChI is InChI=1S/C24H22N4O7S/c1-34-19-10-16(11-20(13-19)35-2)15-36(32,33)24-26-21-8-3-4-9-22(21)27(24)14-23(29)25-17-6-5-7-18(12-17)28(30)31/h3-13H,14-15H2,1-2H3,(H,25,29). The fraction of sp³-hybridized carbons (Fsp3) is 0.167. The van der Waals surface area contributed by atoms with Gasteiger partial charge in [-0.1, -0.05) is 18.2 Å². The van der Waals surface area contributed by atoms with Gasteiger partial charge in [0.2, 0.25) is 20.9 Å². The zero-order chi connectivity index (χ0) is 25.9. The number of anilines is 1. The van der Waals surface area contributed by atoms with Crippen LogP contribution in [0.15, 0.2) is 71.9 Å². The van der Waals surface area contributed by atoms with Crippen molar-refractivity contribution >= 4 is 38.2 Å². The number of nitrogens with zero attached hydrogens (tertiary/aromatic N) is 3. The van der Waals surface area contributed by atoms with Crippen LogP contribution < -0.4 is 14.8 Å². The van der Waals surface area contributed by atoms with E-state index in [0.29, 0.717) is 28.1 Å². The summed E-state index contributed by atoms with van der Waals surface area (Å²) in [6, 6.07) is 17.0. The highest BCUT2D eigenvalue weighted by Gasteiger charge is 2.26. The summed E-state index contributed by atoms with van der Waals surface area (Å²) in [6.45, 7) is -0.376. The number of carbonyl (C=O) groups is 1. The predicted octanol–water partition coefficient (Wildman–Crippen LogP) is 3.57. The first-order chi connectivity index (χ1) is 17.2. The molecule has 0 aliphatic heterocycles. The van der Waals surface area contributed by atoms with Gasteiger partial charge in [-0.25, -0.2) is 13.4 Å². The zero-order valence-electron chi connectivity index (χ0n) is 19.4. The molecule has 1 aromatic heterocycles. The first-order valence-corrected chi connectivity index (χ1v) is 12.3. The van der Waals surface area contributed by atoms with E-state index in [4.69, 9.17) is 9.47 Å². The SMILES string of the molecule is COc1cc(CS(=O)(=O)c2nc3ccccc3n2CC(=O)Nc2cccc([N+](=O)[O-])c2)cc(OC)c1. The van der Waals surface area contributed by atoms with Gasteiger partial charge in [0.15, 0.2) is 0 Å². The van der Waals surface area contributed by atoms with Crippen LogP contribution in [-0.4, -0.2) is 43.0 Å². The second-order valence-electron chi connectivity index (χ2n) is 7.80. The lowest BCUT2D eigenvalue weighted by Gasteiger charge is -2.12. The Balaban J connectivity index is 1.68. The van der Waals surface area contributed by atoms with E-state index in [1.54, 1.807) is 42.5 Å². The second-order valence-corrected chi connectivity index (χ2v) is 9.69. The van der Waals surface area contributed by atoms with Gasteiger partial charge >= 0.3 is 0 Å². The molecule has 0 aliphatic carbocycles. The molecule has 186 valence electrons. The van der Waals surface area contributed by atoms with Gasteiger partial charge in [-0.3, -0.25) is 14.9 Å². The van der Waals surface area contributed by atoms with Gasteiger partial charge in [-0.15, -0.1) is 0 Å². The number of non-ortho nitro benzene ring substituents is 1. The lowest BCUT2D eigenvalue weighted by atomic mass is 10.2. The van der Waals surface area contributed by atoms with Crippen molar-refractivity contribution in [3.05, 3.63) is 82.4 Å². The monoisotopic (exact) mass is 510 g/mol. The van der Waals surface area contributed by atoms with E-state index >= 15 is 0 Å². The third kappa shape index (κ3) is 5.28. The smallest absolute Gasteiger partial charge is 0.271 e. The Morgan fingerprint density at radius 3 is 2.39 bits per heavy atom. The molecule has 0 saturated heterocycles. The molecule has 36 heavy (non-hydrogen) atoms. The molecule has 1 amide bonds. The van der Waals surface area contributed by atoms with Crippen LogP contribution in [-0.2, 0) is 26.9 Å². The topological polar surface area (TPSA) is 143 Å². The van der Waals surface area contributed by atoms with E-state index in [2.05, 4.69) is 10.3 Å². The molecule has 0 aliphatic rings. The van der Waals surface area contributed by atoms with Crippen LogP contribution in [0.3, 0.4) is 0 Å². The number of imidazole rings is 1. The van der Waals surface area contributed by atoms with Gasteiger partial charge in [0, 0.05) is 23.9 Å². The average Bonchev–Trinajstić information content (AvgIpc) is 3.22. The molecule has 4 rings (SSSR count). The number of nitro groups is 1. The Labute approximate surface area is 206 Å². The van der Waals surface area contributed by atoms with Gasteiger partial charge in [0.25, 0.3) is 5.69 Å². The van der Waals surface area contributed by atoms with Crippen LogP contribution in [0.25, 0.3) is 11.0 Å². The van der Waals surface area contributed by atoms with Crippen molar-refractivity contribution in [1.82, 2.24) is 9.55 Å². The Kier molecular flexibility index (Phi) is 6.88. The van der Waals surface area contributed by atoms with Gasteiger partial charge in [-0.2, -0.15) is 0 Å². The number of rotatable bonds is 9. The highest BCUT2D eigenvalue weighted by molar-refractivity contribution is 7.90. The minimum absolute atomic E-state index is 0.183. The van der Waals surface area contributed by atoms with Gasteiger partial charge < -0.3 is 19.4 Å². The molecule has 0 saturated carbocycles. The molecule has 0 spiro atoms. The lowest BCUT2D eigenvalue weighted by Crippen LogP contribution is -2.22. The maximum Gasteiger partial charge on any atom is 0.271 e. The molecule has 12 heteroatoms. The number of nitrogens with one attached hydrogen (secondary N) is 1. The van der Waals surface area contributed by atoms with Crippen LogP contribution in [0.4, 0.5) is 11.4 Å². The minimum atomic E-state index is -4.02. The van der Waals surface area contributed by atoms with Gasteiger partial charge in [0.1, 0.15) is 18.0 Å². The predicted molar refractivity (Wildman–Crippen MR) is 132 cm³/mol. The second kappa shape index (κ2) is 10.0. The van der Waals surface area contributed by atoms with E-state index in [1.807, 2.05) is 0 Å². The van der Waals surface area contributed by atoms with Crippen molar-refractivity contribution in [3.63, 3.8) is 0 Å². The number of methoxy groups -OCH3 is 2. The van der Waals surface area contributed by atoms with Crippen molar-refractivity contribution in [2.24, 2.45) is 0 Å². The summed E-state index contributed by atoms with van der Waals surface area (Å²) >= 11 is 0. The normalized spacial score (nSPS) is 11.3. The number of para-hydroxylation sites is 2. The Hall–Kier alpha value is -4.45. The van der Waals surface area contributed by atoms with Crippen LogP contribution in [0.2, 0.25) is 0 Å². The van der Waals surface area contributed by atoms with Crippen molar-refractivity contribution in [1.29, 1.82) is 0 Å². The van der Waals surface area contributed by atoms with Crippen molar-refractivity contribution < 1.29 is 27.6 Å². The Morgan fingerprint density at radius 1 is 1.03 bits per heavy atom. The van der Waals surface area contributed by atoms with E-state index in [1.165, 1.54) is 43.1 Å². The van der Waals surface area contributed by atoms with Gasteiger partial charge in [-0.05, 0) is 35.9 Å². The fourth-order valence-corrected chi connectivity index (χ4v) is 5.19. The van der Waals surface area contributed by atoms with E-state index in [-0.39, 0.29) is 23.1 Å². The summed E-state index contributed by atoms with van der Waals surface area (Å²) < 4.78 is 38.7. The van der Waals surface area contributed by atoms with Crippen LogP contribution >= 0.6 is 0 Å². The highest BCUT2D eigenvalue weighted by Crippen LogP contribution is 2.27. The number of aromatic nitrogens is 2. The third-order valence-corrected chi connectivity index (χ3v) is 6.89. The number of carbonyl (C=O) groups excluding carboxylic acids is 1. The third-order valence-electron chi connectivity index (χ3n) is 5.31. The van der Waals surface area contributed by atoms with Crippen molar-refractivity contribution in [2.75, 3.05) is 19.5 Å².